The van der Waals surface area contributed by atoms with Crippen LogP contribution >= 0.6 is 0 Å². The van der Waals surface area contributed by atoms with Gasteiger partial charge in [0.15, 0.2) is 0 Å². The molecule has 1 aliphatic carbocycles. The summed E-state index contributed by atoms with van der Waals surface area (Å²) in [5.41, 5.74) is 1.82. The number of ether oxygens (including phenoxy) is 1. The maximum Gasteiger partial charge on any atom is 0.310 e. The number of sulfonamides is 1. The molecule has 9 heteroatoms. The third kappa shape index (κ3) is 6.94. The Hall–Kier alpha value is -2.91. The summed E-state index contributed by atoms with van der Waals surface area (Å²) in [6.07, 6.45) is 6.38. The van der Waals surface area contributed by atoms with Gasteiger partial charge in [0.1, 0.15) is 4.90 Å². The van der Waals surface area contributed by atoms with Crippen LogP contribution in [0.25, 0.3) is 0 Å². The molecular formula is C29H39N3O5S. The Morgan fingerprint density at radius 3 is 2.42 bits per heavy atom. The summed E-state index contributed by atoms with van der Waals surface area (Å²) in [4.78, 5) is 27.4. The van der Waals surface area contributed by atoms with Crippen LogP contribution in [0.5, 0.6) is 0 Å². The number of carbonyl (C=O) groups excluding carboxylic acids is 2. The largest absolute Gasteiger partial charge is 0.466 e. The summed E-state index contributed by atoms with van der Waals surface area (Å²) in [5, 5.41) is 2.96. The van der Waals surface area contributed by atoms with Gasteiger partial charge < -0.3 is 15.0 Å². The Kier molecular flexibility index (Phi) is 9.44. The van der Waals surface area contributed by atoms with Crippen molar-refractivity contribution in [3.05, 3.63) is 54.1 Å². The second-order valence-corrected chi connectivity index (χ2v) is 12.0. The lowest BCUT2D eigenvalue weighted by molar-refractivity contribution is -0.148. The fourth-order valence-electron chi connectivity index (χ4n) is 5.43. The molecule has 0 spiro atoms. The van der Waals surface area contributed by atoms with Crippen molar-refractivity contribution in [1.29, 1.82) is 0 Å². The molecule has 2 N–H and O–H groups in total. The van der Waals surface area contributed by atoms with Crippen molar-refractivity contribution in [2.24, 2.45) is 11.8 Å². The highest BCUT2D eigenvalue weighted by Gasteiger charge is 2.31. The van der Waals surface area contributed by atoms with Gasteiger partial charge in [-0.15, -0.1) is 0 Å². The lowest BCUT2D eigenvalue weighted by atomic mass is 9.88. The van der Waals surface area contributed by atoms with Crippen LogP contribution in [0, 0.1) is 11.8 Å². The predicted octanol–water partition coefficient (Wildman–Crippen LogP) is 5.02. The van der Waals surface area contributed by atoms with Crippen molar-refractivity contribution >= 4 is 33.3 Å². The number of anilines is 2. The second kappa shape index (κ2) is 12.8. The molecule has 1 heterocycles. The van der Waals surface area contributed by atoms with Crippen molar-refractivity contribution in [2.45, 2.75) is 69.7 Å². The van der Waals surface area contributed by atoms with E-state index in [0.29, 0.717) is 37.5 Å². The van der Waals surface area contributed by atoms with Crippen LogP contribution in [0.1, 0.15) is 70.4 Å². The minimum atomic E-state index is -3.98. The molecule has 0 aromatic heterocycles. The molecule has 1 aliphatic heterocycles. The molecule has 2 atom stereocenters. The molecule has 206 valence electrons. The Morgan fingerprint density at radius 2 is 1.71 bits per heavy atom. The minimum absolute atomic E-state index is 0.0489. The highest BCUT2D eigenvalue weighted by molar-refractivity contribution is 7.89. The van der Waals surface area contributed by atoms with Crippen LogP contribution in [0.2, 0.25) is 0 Å². The standard InChI is InChI=1S/C29H39N3O5S/c1-3-37-29(34)24-15-10-18-32(20-24)26-17-16-25(30-28(33)23-13-8-5-9-14-23)19-27(26)38(35,36)31-21(2)22-11-6-4-7-12-22/h4,6-7,11-12,16-17,19,21,23-24,31H,3,5,8-10,13-15,18,20H2,1-2H3,(H,30,33)/t21-,24+/m1/s1. The van der Waals surface area contributed by atoms with E-state index < -0.39 is 16.1 Å². The summed E-state index contributed by atoms with van der Waals surface area (Å²) in [6.45, 7) is 4.90. The Balaban J connectivity index is 1.64. The average molecular weight is 542 g/mol. The van der Waals surface area contributed by atoms with Crippen LogP contribution in [-0.4, -0.2) is 40.0 Å². The average Bonchev–Trinajstić information content (AvgIpc) is 2.94. The maximum absolute atomic E-state index is 13.8. The Labute approximate surface area is 226 Å². The number of rotatable bonds is 9. The smallest absolute Gasteiger partial charge is 0.310 e. The first kappa shape index (κ1) is 28.1. The number of benzene rings is 2. The van der Waals surface area contributed by atoms with E-state index in [9.17, 15) is 18.0 Å². The topological polar surface area (TPSA) is 105 Å². The van der Waals surface area contributed by atoms with Crippen molar-refractivity contribution in [3.8, 4) is 0 Å². The fraction of sp³-hybridized carbons (Fsp3) is 0.517. The summed E-state index contributed by atoms with van der Waals surface area (Å²) >= 11 is 0. The number of esters is 1. The molecule has 38 heavy (non-hydrogen) atoms. The van der Waals surface area contributed by atoms with Crippen LogP contribution in [0.3, 0.4) is 0 Å². The normalized spacial score (nSPS) is 19.5. The van der Waals surface area contributed by atoms with E-state index in [1.54, 1.807) is 32.0 Å². The molecule has 0 unspecified atom stereocenters. The first-order chi connectivity index (χ1) is 18.3. The van der Waals surface area contributed by atoms with E-state index in [0.717, 1.165) is 44.1 Å². The Morgan fingerprint density at radius 1 is 1.00 bits per heavy atom. The van der Waals surface area contributed by atoms with Gasteiger partial charge in [0.25, 0.3) is 0 Å². The number of hydrogen-bond acceptors (Lipinski definition) is 6. The van der Waals surface area contributed by atoms with Crippen molar-refractivity contribution < 1.29 is 22.7 Å². The zero-order chi connectivity index (χ0) is 27.1. The fourth-order valence-corrected chi connectivity index (χ4v) is 6.91. The summed E-state index contributed by atoms with van der Waals surface area (Å²) in [5.74, 6) is -0.686. The molecule has 2 fully saturated rings. The number of nitrogens with zero attached hydrogens (tertiary/aromatic N) is 1. The maximum atomic E-state index is 13.8. The zero-order valence-corrected chi connectivity index (χ0v) is 23.1. The van der Waals surface area contributed by atoms with Gasteiger partial charge in [0, 0.05) is 30.7 Å². The lowest BCUT2D eigenvalue weighted by Gasteiger charge is -2.34. The lowest BCUT2D eigenvalue weighted by Crippen LogP contribution is -2.40. The zero-order valence-electron chi connectivity index (χ0n) is 22.3. The third-order valence-corrected chi connectivity index (χ3v) is 9.08. The van der Waals surface area contributed by atoms with Gasteiger partial charge in [-0.1, -0.05) is 49.6 Å². The molecule has 1 saturated heterocycles. The first-order valence-electron chi connectivity index (χ1n) is 13.7. The van der Waals surface area contributed by atoms with E-state index in [4.69, 9.17) is 4.74 Å². The monoisotopic (exact) mass is 541 g/mol. The van der Waals surface area contributed by atoms with Gasteiger partial charge in [0.2, 0.25) is 15.9 Å². The summed E-state index contributed by atoms with van der Waals surface area (Å²) in [6, 6.07) is 14.0. The van der Waals surface area contributed by atoms with Gasteiger partial charge >= 0.3 is 5.97 Å². The predicted molar refractivity (Wildman–Crippen MR) is 148 cm³/mol. The van der Waals surface area contributed by atoms with Crippen LogP contribution < -0.4 is 14.9 Å². The highest BCUT2D eigenvalue weighted by atomic mass is 32.2. The molecule has 0 radical (unpaired) electrons. The van der Waals surface area contributed by atoms with Gasteiger partial charge in [-0.25, -0.2) is 13.1 Å². The Bertz CT molecular complexity index is 1210. The molecule has 0 bridgehead atoms. The molecule has 1 amide bonds. The molecule has 8 nitrogen and oxygen atoms in total. The van der Waals surface area contributed by atoms with E-state index in [1.807, 2.05) is 35.2 Å². The van der Waals surface area contributed by atoms with E-state index in [2.05, 4.69) is 10.0 Å². The van der Waals surface area contributed by atoms with Crippen molar-refractivity contribution in [3.63, 3.8) is 0 Å². The van der Waals surface area contributed by atoms with Gasteiger partial charge in [-0.05, 0) is 63.3 Å². The number of carbonyl (C=O) groups is 2. The molecule has 2 aromatic carbocycles. The second-order valence-electron chi connectivity index (χ2n) is 10.3. The van der Waals surface area contributed by atoms with E-state index in [1.165, 1.54) is 0 Å². The third-order valence-electron chi connectivity index (χ3n) is 7.51. The van der Waals surface area contributed by atoms with Crippen LogP contribution in [0.4, 0.5) is 11.4 Å². The van der Waals surface area contributed by atoms with Gasteiger partial charge in [0.05, 0.1) is 18.2 Å². The number of amides is 1. The van der Waals surface area contributed by atoms with Crippen molar-refractivity contribution in [2.75, 3.05) is 29.9 Å². The summed E-state index contributed by atoms with van der Waals surface area (Å²) < 4.78 is 35.6. The van der Waals surface area contributed by atoms with Gasteiger partial charge in [-0.3, -0.25) is 9.59 Å². The molecule has 2 aliphatic rings. The molecule has 2 aromatic rings. The SMILES string of the molecule is CCOC(=O)[C@H]1CCCN(c2ccc(NC(=O)C3CCCCC3)cc2S(=O)(=O)N[C@H](C)c2ccccc2)C1. The van der Waals surface area contributed by atoms with E-state index in [-0.39, 0.29) is 28.6 Å². The molecule has 1 saturated carbocycles. The number of hydrogen-bond donors (Lipinski definition) is 2. The number of piperidine rings is 1. The molecule has 4 rings (SSSR count). The minimum Gasteiger partial charge on any atom is -0.466 e. The molecular weight excluding hydrogens is 502 g/mol. The first-order valence-corrected chi connectivity index (χ1v) is 15.2. The quantitative estimate of drug-likeness (QED) is 0.432. The van der Waals surface area contributed by atoms with E-state index >= 15 is 0 Å². The van der Waals surface area contributed by atoms with Crippen molar-refractivity contribution in [1.82, 2.24) is 4.72 Å². The van der Waals surface area contributed by atoms with Crippen LogP contribution in [-0.2, 0) is 24.3 Å². The number of nitrogens with one attached hydrogen (secondary N) is 2. The van der Waals surface area contributed by atoms with Gasteiger partial charge in [-0.2, -0.15) is 0 Å². The summed E-state index contributed by atoms with van der Waals surface area (Å²) in [7, 11) is -3.98. The van der Waals surface area contributed by atoms with Crippen LogP contribution in [0.15, 0.2) is 53.4 Å². The highest BCUT2D eigenvalue weighted by Crippen LogP contribution is 2.34.